The van der Waals surface area contributed by atoms with Crippen LogP contribution in [0.5, 0.6) is 0 Å². The number of aromatic amines is 1. The summed E-state index contributed by atoms with van der Waals surface area (Å²) in [6.45, 7) is 0. The standard InChI is InChI=1S/C12H17NO4/c1-16-11(14)7-5-9-3-4-10(13-9)6-8-12(15)17-2/h3-4,13H,5-8H2,1-2H3. The van der Waals surface area contributed by atoms with Crippen molar-refractivity contribution in [3.8, 4) is 0 Å². The molecule has 1 rings (SSSR count). The number of aromatic nitrogens is 1. The van der Waals surface area contributed by atoms with Crippen LogP contribution in [-0.2, 0) is 31.9 Å². The lowest BCUT2D eigenvalue weighted by Gasteiger charge is -1.99. The van der Waals surface area contributed by atoms with Gasteiger partial charge in [0.05, 0.1) is 27.1 Å². The van der Waals surface area contributed by atoms with E-state index >= 15 is 0 Å². The largest absolute Gasteiger partial charge is 0.469 e. The molecule has 0 unspecified atom stereocenters. The van der Waals surface area contributed by atoms with E-state index in [2.05, 4.69) is 14.5 Å². The molecule has 0 fully saturated rings. The van der Waals surface area contributed by atoms with Crippen molar-refractivity contribution >= 4 is 11.9 Å². The highest BCUT2D eigenvalue weighted by atomic mass is 16.5. The summed E-state index contributed by atoms with van der Waals surface area (Å²) in [7, 11) is 2.75. The molecule has 0 bridgehead atoms. The Balaban J connectivity index is 2.37. The fraction of sp³-hybridized carbons (Fsp3) is 0.500. The molecule has 1 heterocycles. The third-order valence-corrected chi connectivity index (χ3v) is 2.46. The fourth-order valence-corrected chi connectivity index (χ4v) is 1.46. The second-order valence-corrected chi connectivity index (χ2v) is 3.66. The van der Waals surface area contributed by atoms with Crippen molar-refractivity contribution in [2.75, 3.05) is 14.2 Å². The zero-order chi connectivity index (χ0) is 12.7. The first-order valence-corrected chi connectivity index (χ1v) is 5.46. The zero-order valence-corrected chi connectivity index (χ0v) is 10.1. The number of carbonyl (C=O) groups excluding carboxylic acids is 2. The smallest absolute Gasteiger partial charge is 0.305 e. The molecule has 0 saturated carbocycles. The first-order valence-electron chi connectivity index (χ1n) is 5.46. The van der Waals surface area contributed by atoms with Crippen molar-refractivity contribution in [1.29, 1.82) is 0 Å². The maximum Gasteiger partial charge on any atom is 0.305 e. The number of rotatable bonds is 6. The van der Waals surface area contributed by atoms with E-state index in [1.165, 1.54) is 14.2 Å². The Labute approximate surface area is 100 Å². The quantitative estimate of drug-likeness (QED) is 0.758. The predicted octanol–water partition coefficient (Wildman–Crippen LogP) is 1.23. The molecule has 5 nitrogen and oxygen atoms in total. The second-order valence-electron chi connectivity index (χ2n) is 3.66. The molecule has 94 valence electrons. The van der Waals surface area contributed by atoms with Crippen molar-refractivity contribution in [2.24, 2.45) is 0 Å². The molecule has 1 aromatic heterocycles. The van der Waals surface area contributed by atoms with E-state index in [-0.39, 0.29) is 11.9 Å². The van der Waals surface area contributed by atoms with Gasteiger partial charge in [0.25, 0.3) is 0 Å². The molecule has 0 aliphatic carbocycles. The molecule has 1 aromatic rings. The van der Waals surface area contributed by atoms with Gasteiger partial charge < -0.3 is 14.5 Å². The summed E-state index contributed by atoms with van der Waals surface area (Å²) in [6, 6.07) is 3.82. The SMILES string of the molecule is COC(=O)CCc1ccc(CCC(=O)OC)[nH]1. The molecule has 0 amide bonds. The molecular formula is C12H17NO4. The number of hydrogen-bond donors (Lipinski definition) is 1. The summed E-state index contributed by atoms with van der Waals surface area (Å²) in [5.41, 5.74) is 1.94. The van der Waals surface area contributed by atoms with Gasteiger partial charge in [-0.15, -0.1) is 0 Å². The molecule has 0 aliphatic rings. The first kappa shape index (κ1) is 13.3. The van der Waals surface area contributed by atoms with E-state index in [0.29, 0.717) is 25.7 Å². The third-order valence-electron chi connectivity index (χ3n) is 2.46. The monoisotopic (exact) mass is 239 g/mol. The highest BCUT2D eigenvalue weighted by Crippen LogP contribution is 2.07. The van der Waals surface area contributed by atoms with Crippen LogP contribution < -0.4 is 0 Å². The summed E-state index contributed by atoms with van der Waals surface area (Å²) in [5, 5.41) is 0. The molecule has 5 heteroatoms. The van der Waals surface area contributed by atoms with Gasteiger partial charge in [-0.3, -0.25) is 9.59 Å². The molecule has 0 saturated heterocycles. The van der Waals surface area contributed by atoms with Gasteiger partial charge in [-0.2, -0.15) is 0 Å². The summed E-state index contributed by atoms with van der Waals surface area (Å²) in [4.78, 5) is 25.1. The fourth-order valence-electron chi connectivity index (χ4n) is 1.46. The lowest BCUT2D eigenvalue weighted by Crippen LogP contribution is -2.03. The van der Waals surface area contributed by atoms with Crippen LogP contribution in [0, 0.1) is 0 Å². The number of methoxy groups -OCH3 is 2. The van der Waals surface area contributed by atoms with Crippen LogP contribution in [0.1, 0.15) is 24.2 Å². The molecule has 17 heavy (non-hydrogen) atoms. The van der Waals surface area contributed by atoms with E-state index in [1.807, 2.05) is 12.1 Å². The highest BCUT2D eigenvalue weighted by molar-refractivity contribution is 5.69. The van der Waals surface area contributed by atoms with Gasteiger partial charge in [-0.25, -0.2) is 0 Å². The molecule has 0 spiro atoms. The summed E-state index contributed by atoms with van der Waals surface area (Å²) in [5.74, 6) is -0.452. The van der Waals surface area contributed by atoms with Gasteiger partial charge >= 0.3 is 11.9 Å². The maximum absolute atomic E-state index is 10.9. The number of hydrogen-bond acceptors (Lipinski definition) is 4. The van der Waals surface area contributed by atoms with Crippen LogP contribution in [-0.4, -0.2) is 31.1 Å². The van der Waals surface area contributed by atoms with Crippen LogP contribution in [0.2, 0.25) is 0 Å². The number of nitrogens with one attached hydrogen (secondary N) is 1. The Morgan fingerprint density at radius 2 is 1.41 bits per heavy atom. The van der Waals surface area contributed by atoms with E-state index in [1.54, 1.807) is 0 Å². The maximum atomic E-state index is 10.9. The number of carbonyl (C=O) groups is 2. The molecule has 0 atom stereocenters. The molecule has 1 N–H and O–H groups in total. The van der Waals surface area contributed by atoms with Crippen molar-refractivity contribution in [3.05, 3.63) is 23.5 Å². The van der Waals surface area contributed by atoms with Crippen molar-refractivity contribution in [3.63, 3.8) is 0 Å². The van der Waals surface area contributed by atoms with Crippen molar-refractivity contribution in [1.82, 2.24) is 4.98 Å². The average molecular weight is 239 g/mol. The van der Waals surface area contributed by atoms with Gasteiger partial charge in [-0.1, -0.05) is 0 Å². The minimum absolute atomic E-state index is 0.226. The lowest BCUT2D eigenvalue weighted by molar-refractivity contribution is -0.141. The summed E-state index contributed by atoms with van der Waals surface area (Å²) in [6.07, 6.45) is 1.94. The number of H-pyrrole nitrogens is 1. The zero-order valence-electron chi connectivity index (χ0n) is 10.1. The van der Waals surface area contributed by atoms with Crippen LogP contribution in [0.4, 0.5) is 0 Å². The molecular weight excluding hydrogens is 222 g/mol. The van der Waals surface area contributed by atoms with E-state index in [0.717, 1.165) is 11.4 Å². The predicted molar refractivity (Wildman–Crippen MR) is 61.5 cm³/mol. The van der Waals surface area contributed by atoms with Crippen molar-refractivity contribution < 1.29 is 19.1 Å². The number of ether oxygens (including phenoxy) is 2. The summed E-state index contributed by atoms with van der Waals surface area (Å²) < 4.78 is 9.12. The summed E-state index contributed by atoms with van der Waals surface area (Å²) >= 11 is 0. The van der Waals surface area contributed by atoms with Crippen LogP contribution in [0.15, 0.2) is 12.1 Å². The molecule has 0 aromatic carbocycles. The Kier molecular flexibility index (Phi) is 5.26. The second kappa shape index (κ2) is 6.73. The Hall–Kier alpha value is -1.78. The molecule has 0 aliphatic heterocycles. The van der Waals surface area contributed by atoms with Gasteiger partial charge in [0.1, 0.15) is 0 Å². The minimum Gasteiger partial charge on any atom is -0.469 e. The number of esters is 2. The lowest BCUT2D eigenvalue weighted by atomic mass is 10.2. The Morgan fingerprint density at radius 1 is 1.00 bits per heavy atom. The molecule has 0 radical (unpaired) electrons. The number of aryl methyl sites for hydroxylation is 2. The van der Waals surface area contributed by atoms with Gasteiger partial charge in [0.2, 0.25) is 0 Å². The van der Waals surface area contributed by atoms with Gasteiger partial charge in [0, 0.05) is 11.4 Å². The van der Waals surface area contributed by atoms with Crippen LogP contribution >= 0.6 is 0 Å². The van der Waals surface area contributed by atoms with E-state index in [4.69, 9.17) is 0 Å². The van der Waals surface area contributed by atoms with Crippen LogP contribution in [0.25, 0.3) is 0 Å². The first-order chi connectivity index (χ1) is 8.15. The Bertz CT molecular complexity index is 349. The minimum atomic E-state index is -0.226. The topological polar surface area (TPSA) is 68.4 Å². The van der Waals surface area contributed by atoms with Gasteiger partial charge in [-0.05, 0) is 25.0 Å². The van der Waals surface area contributed by atoms with Crippen LogP contribution in [0.3, 0.4) is 0 Å². The van der Waals surface area contributed by atoms with Gasteiger partial charge in [0.15, 0.2) is 0 Å². The third kappa shape index (κ3) is 4.72. The average Bonchev–Trinajstić information content (AvgIpc) is 2.80. The van der Waals surface area contributed by atoms with E-state index in [9.17, 15) is 9.59 Å². The normalized spacial score (nSPS) is 10.0. The van der Waals surface area contributed by atoms with E-state index < -0.39 is 0 Å². The Morgan fingerprint density at radius 3 is 1.76 bits per heavy atom. The van der Waals surface area contributed by atoms with Crippen molar-refractivity contribution in [2.45, 2.75) is 25.7 Å². The highest BCUT2D eigenvalue weighted by Gasteiger charge is 2.05.